The Bertz CT molecular complexity index is 646. The molecular formula is C13H9BrN+. The van der Waals surface area contributed by atoms with E-state index < -0.39 is 0 Å². The second-order valence-corrected chi connectivity index (χ2v) is 4.36. The van der Waals surface area contributed by atoms with Crippen LogP contribution in [0.3, 0.4) is 0 Å². The van der Waals surface area contributed by atoms with Crippen molar-refractivity contribution in [2.45, 2.75) is 0 Å². The topological polar surface area (TPSA) is 4.10 Å². The van der Waals surface area contributed by atoms with Crippen molar-refractivity contribution < 1.29 is 4.40 Å². The second-order valence-electron chi connectivity index (χ2n) is 3.55. The summed E-state index contributed by atoms with van der Waals surface area (Å²) in [4.78, 5) is 0. The Morgan fingerprint density at radius 3 is 2.53 bits per heavy atom. The Hall–Kier alpha value is -1.41. The van der Waals surface area contributed by atoms with Crippen LogP contribution < -0.4 is 4.40 Å². The van der Waals surface area contributed by atoms with Gasteiger partial charge in [-0.05, 0) is 17.5 Å². The third-order valence-electron chi connectivity index (χ3n) is 2.58. The van der Waals surface area contributed by atoms with Crippen LogP contribution >= 0.6 is 15.9 Å². The molecule has 2 heteroatoms. The predicted octanol–water partition coefficient (Wildman–Crippen LogP) is 3.34. The average molecular weight is 259 g/mol. The van der Waals surface area contributed by atoms with Gasteiger partial charge in [0.05, 0.1) is 0 Å². The van der Waals surface area contributed by atoms with Crippen LogP contribution in [-0.4, -0.2) is 0 Å². The maximum absolute atomic E-state index is 3.55. The number of halogens is 1. The number of nitrogens with zero attached hydrogens (tertiary/aromatic N) is 1. The van der Waals surface area contributed by atoms with Gasteiger partial charge in [0.15, 0.2) is 6.20 Å². The Morgan fingerprint density at radius 1 is 0.867 bits per heavy atom. The normalized spacial score (nSPS) is 11.0. The molecule has 0 spiro atoms. The molecule has 0 aliphatic rings. The molecule has 0 N–H and O–H groups in total. The average Bonchev–Trinajstić information content (AvgIpc) is 2.27. The van der Waals surface area contributed by atoms with E-state index in [1.807, 2.05) is 12.1 Å². The lowest BCUT2D eigenvalue weighted by Crippen LogP contribution is -2.22. The predicted molar refractivity (Wildman–Crippen MR) is 64.8 cm³/mol. The molecule has 0 fully saturated rings. The monoisotopic (exact) mass is 258 g/mol. The third kappa shape index (κ3) is 1.41. The molecule has 3 rings (SSSR count). The largest absolute Gasteiger partial charge is 0.253 e. The molecule has 0 unspecified atom stereocenters. The maximum Gasteiger partial charge on any atom is 0.253 e. The van der Waals surface area contributed by atoms with Crippen molar-refractivity contribution in [3.63, 3.8) is 0 Å². The van der Waals surface area contributed by atoms with Gasteiger partial charge in [-0.2, -0.15) is 4.40 Å². The van der Waals surface area contributed by atoms with Crippen LogP contribution in [0.1, 0.15) is 0 Å². The van der Waals surface area contributed by atoms with Crippen molar-refractivity contribution in [1.82, 2.24) is 0 Å². The fourth-order valence-corrected chi connectivity index (χ4v) is 2.28. The molecule has 2 heterocycles. The Kier molecular flexibility index (Phi) is 1.96. The SMILES string of the molecule is Brc1cccc2cc3ccccc3c[n+]12. The highest BCUT2D eigenvalue weighted by Crippen LogP contribution is 2.15. The zero-order valence-corrected chi connectivity index (χ0v) is 9.61. The zero-order chi connectivity index (χ0) is 10.3. The number of fused-ring (bicyclic) bond motifs is 2. The van der Waals surface area contributed by atoms with Crippen LogP contribution in [0.15, 0.2) is 59.3 Å². The van der Waals surface area contributed by atoms with Gasteiger partial charge in [-0.3, -0.25) is 0 Å². The highest BCUT2D eigenvalue weighted by atomic mass is 79.9. The van der Waals surface area contributed by atoms with Gasteiger partial charge < -0.3 is 0 Å². The quantitative estimate of drug-likeness (QED) is 0.331. The first kappa shape index (κ1) is 8.86. The van der Waals surface area contributed by atoms with Crippen LogP contribution in [-0.2, 0) is 0 Å². The van der Waals surface area contributed by atoms with E-state index in [4.69, 9.17) is 0 Å². The lowest BCUT2D eigenvalue weighted by molar-refractivity contribution is -0.523. The van der Waals surface area contributed by atoms with Gasteiger partial charge in [0, 0.05) is 39.5 Å². The minimum atomic E-state index is 1.07. The molecule has 2 aromatic heterocycles. The molecule has 0 radical (unpaired) electrons. The van der Waals surface area contributed by atoms with E-state index in [0.717, 1.165) is 4.60 Å². The molecule has 0 bridgehead atoms. The lowest BCUT2D eigenvalue weighted by Gasteiger charge is -1.97. The summed E-state index contributed by atoms with van der Waals surface area (Å²) in [6, 6.07) is 16.8. The van der Waals surface area contributed by atoms with E-state index in [-0.39, 0.29) is 0 Å². The Balaban J connectivity index is 2.53. The molecule has 0 atom stereocenters. The first-order valence-electron chi connectivity index (χ1n) is 4.83. The molecule has 0 aliphatic carbocycles. The van der Waals surface area contributed by atoms with E-state index in [1.165, 1.54) is 16.3 Å². The standard InChI is InChI=1S/C13H9BrN/c14-13-7-3-6-12-8-10-4-1-2-5-11(10)9-15(12)13/h1-9H/q+1. The number of benzene rings is 1. The number of hydrogen-bond donors (Lipinski definition) is 0. The van der Waals surface area contributed by atoms with Gasteiger partial charge >= 0.3 is 0 Å². The van der Waals surface area contributed by atoms with E-state index in [0.29, 0.717) is 0 Å². The van der Waals surface area contributed by atoms with E-state index >= 15 is 0 Å². The molecule has 0 aliphatic heterocycles. The van der Waals surface area contributed by atoms with Crippen molar-refractivity contribution in [2.24, 2.45) is 0 Å². The van der Waals surface area contributed by atoms with Crippen LogP contribution in [0.2, 0.25) is 0 Å². The van der Waals surface area contributed by atoms with Crippen LogP contribution in [0.4, 0.5) is 0 Å². The maximum atomic E-state index is 3.55. The van der Waals surface area contributed by atoms with Gasteiger partial charge in [-0.25, -0.2) is 0 Å². The van der Waals surface area contributed by atoms with Crippen molar-refractivity contribution >= 4 is 32.2 Å². The third-order valence-corrected chi connectivity index (χ3v) is 3.22. The van der Waals surface area contributed by atoms with Crippen LogP contribution in [0.25, 0.3) is 16.3 Å². The van der Waals surface area contributed by atoms with E-state index in [9.17, 15) is 0 Å². The highest BCUT2D eigenvalue weighted by Gasteiger charge is 2.07. The lowest BCUT2D eigenvalue weighted by atomic mass is 10.1. The minimum Gasteiger partial charge on any atom is -0.154 e. The number of aromatic nitrogens is 1. The smallest absolute Gasteiger partial charge is 0.154 e. The number of rotatable bonds is 0. The molecule has 72 valence electrons. The molecule has 3 aromatic rings. The molecule has 1 aromatic carbocycles. The van der Waals surface area contributed by atoms with E-state index in [2.05, 4.69) is 62.9 Å². The summed E-state index contributed by atoms with van der Waals surface area (Å²) in [5.74, 6) is 0. The molecular weight excluding hydrogens is 250 g/mol. The van der Waals surface area contributed by atoms with Crippen LogP contribution in [0, 0.1) is 0 Å². The molecule has 15 heavy (non-hydrogen) atoms. The summed E-state index contributed by atoms with van der Waals surface area (Å²) in [6.07, 6.45) is 2.15. The van der Waals surface area contributed by atoms with Gasteiger partial charge in [0.1, 0.15) is 0 Å². The van der Waals surface area contributed by atoms with Gasteiger partial charge in [-0.1, -0.05) is 18.2 Å². The Morgan fingerprint density at radius 2 is 1.67 bits per heavy atom. The van der Waals surface area contributed by atoms with Gasteiger partial charge in [-0.15, -0.1) is 0 Å². The fraction of sp³-hybridized carbons (Fsp3) is 0. The fourth-order valence-electron chi connectivity index (χ4n) is 1.82. The summed E-state index contributed by atoms with van der Waals surface area (Å²) < 4.78 is 3.22. The molecule has 0 saturated carbocycles. The first-order chi connectivity index (χ1) is 7.34. The van der Waals surface area contributed by atoms with Gasteiger partial charge in [0.2, 0.25) is 5.52 Å². The Labute approximate surface area is 96.1 Å². The minimum absolute atomic E-state index is 1.07. The van der Waals surface area contributed by atoms with Crippen molar-refractivity contribution in [3.8, 4) is 0 Å². The summed E-state index contributed by atoms with van der Waals surface area (Å²) in [5.41, 5.74) is 1.20. The summed E-state index contributed by atoms with van der Waals surface area (Å²) in [5, 5.41) is 2.53. The highest BCUT2D eigenvalue weighted by molar-refractivity contribution is 9.10. The van der Waals surface area contributed by atoms with Crippen molar-refractivity contribution in [1.29, 1.82) is 0 Å². The summed E-state index contributed by atoms with van der Waals surface area (Å²) >= 11 is 3.55. The summed E-state index contributed by atoms with van der Waals surface area (Å²) in [7, 11) is 0. The molecule has 0 amide bonds. The van der Waals surface area contributed by atoms with E-state index in [1.54, 1.807) is 0 Å². The zero-order valence-electron chi connectivity index (χ0n) is 8.02. The summed E-state index contributed by atoms with van der Waals surface area (Å²) in [6.45, 7) is 0. The first-order valence-corrected chi connectivity index (χ1v) is 5.62. The molecule has 0 saturated heterocycles. The van der Waals surface area contributed by atoms with Crippen molar-refractivity contribution in [3.05, 3.63) is 59.3 Å². The molecule has 1 nitrogen and oxygen atoms in total. The van der Waals surface area contributed by atoms with Crippen LogP contribution in [0.5, 0.6) is 0 Å². The number of hydrogen-bond acceptors (Lipinski definition) is 0. The number of pyridine rings is 2. The van der Waals surface area contributed by atoms with Crippen molar-refractivity contribution in [2.75, 3.05) is 0 Å². The second kappa shape index (κ2) is 3.31. The van der Waals surface area contributed by atoms with Gasteiger partial charge in [0.25, 0.3) is 4.60 Å².